The number of nitrogens with one attached hydrogen (secondary N) is 6. The molecule has 192 valence electrons. The van der Waals surface area contributed by atoms with Gasteiger partial charge in [0.25, 0.3) is 5.91 Å². The Balaban J connectivity index is 2.40. The fourth-order valence-electron chi connectivity index (χ4n) is 2.42. The summed E-state index contributed by atoms with van der Waals surface area (Å²) in [6.07, 6.45) is 0. The first-order valence-electron chi connectivity index (χ1n) is 10.3. The van der Waals surface area contributed by atoms with Crippen molar-refractivity contribution in [1.29, 1.82) is 5.41 Å². The van der Waals surface area contributed by atoms with Crippen LogP contribution in [0.5, 0.6) is 0 Å². The van der Waals surface area contributed by atoms with Crippen LogP contribution < -0.4 is 38.1 Å². The Morgan fingerprint density at radius 3 is 2.29 bits per heavy atom. The third-order valence-electron chi connectivity index (χ3n) is 4.28. The van der Waals surface area contributed by atoms with Gasteiger partial charge < -0.3 is 43.2 Å². The van der Waals surface area contributed by atoms with E-state index >= 15 is 0 Å². The van der Waals surface area contributed by atoms with E-state index in [1.54, 1.807) is 24.3 Å². The molecule has 0 aliphatic heterocycles. The molecule has 1 rings (SSSR count). The molecule has 11 N–H and O–H groups in total. The van der Waals surface area contributed by atoms with Crippen LogP contribution in [0, 0.1) is 5.41 Å². The number of hydrogen-bond donors (Lipinski definition) is 9. The average molecular weight is 511 g/mol. The number of nitrogens with two attached hydrogens (primary N) is 2. The summed E-state index contributed by atoms with van der Waals surface area (Å²) in [5.74, 6) is -3.40. The average Bonchev–Trinajstić information content (AvgIpc) is 2.81. The van der Waals surface area contributed by atoms with Crippen molar-refractivity contribution in [2.45, 2.75) is 25.6 Å². The van der Waals surface area contributed by atoms with Gasteiger partial charge in [-0.1, -0.05) is 12.1 Å². The maximum absolute atomic E-state index is 12.2. The van der Waals surface area contributed by atoms with Crippen molar-refractivity contribution < 1.29 is 29.1 Å². The zero-order valence-electron chi connectivity index (χ0n) is 19.1. The molecule has 0 saturated heterocycles. The Morgan fingerprint density at radius 1 is 1.06 bits per heavy atom. The van der Waals surface area contributed by atoms with Gasteiger partial charge in [-0.2, -0.15) is 0 Å². The number of hydrogen-bond acceptors (Lipinski definition) is 8. The Hall–Kier alpha value is -3.85. The van der Waals surface area contributed by atoms with Crippen LogP contribution in [-0.4, -0.2) is 77.5 Å². The van der Waals surface area contributed by atoms with E-state index in [9.17, 15) is 29.1 Å². The first-order valence-corrected chi connectivity index (χ1v) is 11.5. The van der Waals surface area contributed by atoms with Crippen molar-refractivity contribution in [1.82, 2.24) is 26.6 Å². The molecule has 14 nitrogen and oxygen atoms in total. The number of carbonyl (C=O) groups excluding carboxylic acids is 4. The van der Waals surface area contributed by atoms with Crippen LogP contribution in [0.2, 0.25) is 0 Å². The van der Waals surface area contributed by atoms with E-state index in [1.807, 2.05) is 0 Å². The number of carboxylic acid groups (broad SMARTS) is 1. The lowest BCUT2D eigenvalue weighted by Crippen LogP contribution is -2.51. The van der Waals surface area contributed by atoms with Crippen molar-refractivity contribution in [3.8, 4) is 0 Å². The van der Waals surface area contributed by atoms with E-state index in [2.05, 4.69) is 26.6 Å². The lowest BCUT2D eigenvalue weighted by molar-refractivity contribution is -0.141. The molecule has 15 heteroatoms. The Morgan fingerprint density at radius 2 is 1.71 bits per heavy atom. The highest BCUT2D eigenvalue weighted by molar-refractivity contribution is 7.99. The van der Waals surface area contributed by atoms with Gasteiger partial charge in [0.15, 0.2) is 5.96 Å². The van der Waals surface area contributed by atoms with Crippen molar-refractivity contribution in [3.63, 3.8) is 0 Å². The lowest BCUT2D eigenvalue weighted by atomic mass is 10.1. The van der Waals surface area contributed by atoms with Crippen molar-refractivity contribution in [3.05, 3.63) is 35.4 Å². The Labute approximate surface area is 205 Å². The van der Waals surface area contributed by atoms with Crippen LogP contribution in [0.4, 0.5) is 0 Å². The molecular formula is C20H30N8O6S. The highest BCUT2D eigenvalue weighted by atomic mass is 32.2. The summed E-state index contributed by atoms with van der Waals surface area (Å²) in [6.45, 7) is 0.956. The molecule has 0 aromatic heterocycles. The molecule has 0 saturated carbocycles. The smallest absolute Gasteiger partial charge is 0.327 e. The van der Waals surface area contributed by atoms with E-state index in [0.29, 0.717) is 12.1 Å². The number of carboxylic acids is 1. The SMILES string of the molecule is CC(=O)NCSCC(NC(=O)CNC(=O)C(N)CNC(=O)c1ccc(CNC(=N)N)cc1)C(=O)O. The number of aliphatic carboxylic acids is 1. The second-order valence-corrected chi connectivity index (χ2v) is 8.24. The van der Waals surface area contributed by atoms with Gasteiger partial charge in [0, 0.05) is 31.3 Å². The normalized spacial score (nSPS) is 11.9. The third-order valence-corrected chi connectivity index (χ3v) is 5.20. The van der Waals surface area contributed by atoms with Crippen molar-refractivity contribution in [2.75, 3.05) is 24.7 Å². The minimum Gasteiger partial charge on any atom is -0.480 e. The van der Waals surface area contributed by atoms with E-state index in [-0.39, 0.29) is 30.0 Å². The van der Waals surface area contributed by atoms with Crippen LogP contribution >= 0.6 is 11.8 Å². The molecule has 1 aromatic carbocycles. The molecule has 2 unspecified atom stereocenters. The van der Waals surface area contributed by atoms with E-state index in [4.69, 9.17) is 16.9 Å². The van der Waals surface area contributed by atoms with Crippen LogP contribution in [0.3, 0.4) is 0 Å². The summed E-state index contributed by atoms with van der Waals surface area (Å²) in [7, 11) is 0. The summed E-state index contributed by atoms with van der Waals surface area (Å²) in [5.41, 5.74) is 12.1. The Bertz CT molecular complexity index is 927. The van der Waals surface area contributed by atoms with Crippen molar-refractivity contribution in [2.24, 2.45) is 11.5 Å². The van der Waals surface area contributed by atoms with Crippen LogP contribution in [0.1, 0.15) is 22.8 Å². The van der Waals surface area contributed by atoms with Gasteiger partial charge in [-0.3, -0.25) is 24.6 Å². The second kappa shape index (κ2) is 15.1. The maximum atomic E-state index is 12.2. The summed E-state index contributed by atoms with van der Waals surface area (Å²) in [5, 5.41) is 28.5. The third kappa shape index (κ3) is 12.3. The number of guanidine groups is 1. The fraction of sp³-hybridized carbons (Fsp3) is 0.400. The van der Waals surface area contributed by atoms with Gasteiger partial charge in [-0.25, -0.2) is 4.79 Å². The summed E-state index contributed by atoms with van der Waals surface area (Å²) < 4.78 is 0. The molecule has 4 amide bonds. The van der Waals surface area contributed by atoms with Gasteiger partial charge in [-0.15, -0.1) is 11.8 Å². The standard InChI is InChI=1S/C20H30N8O6S/c1-11(29)27-10-35-9-15(19(33)34)28-16(30)8-25-18(32)14(21)7-24-17(31)13-4-2-12(3-5-13)6-26-20(22)23/h2-5,14-15H,6-10,21H2,1H3,(H,24,31)(H,25,32)(H,27,29)(H,28,30)(H,33,34)(H4,22,23,26). The predicted molar refractivity (Wildman–Crippen MR) is 129 cm³/mol. The quantitative estimate of drug-likeness (QED) is 0.0540. The molecule has 2 atom stereocenters. The monoisotopic (exact) mass is 510 g/mol. The summed E-state index contributed by atoms with van der Waals surface area (Å²) >= 11 is 1.11. The van der Waals surface area contributed by atoms with Crippen LogP contribution in [0.25, 0.3) is 0 Å². The zero-order valence-corrected chi connectivity index (χ0v) is 19.9. The largest absolute Gasteiger partial charge is 0.480 e. The molecule has 35 heavy (non-hydrogen) atoms. The van der Waals surface area contributed by atoms with E-state index in [1.165, 1.54) is 6.92 Å². The Kier molecular flexibility index (Phi) is 12.6. The van der Waals surface area contributed by atoms with Gasteiger partial charge in [0.05, 0.1) is 12.4 Å². The number of benzene rings is 1. The van der Waals surface area contributed by atoms with Crippen LogP contribution in [-0.2, 0) is 25.7 Å². The van der Waals surface area contributed by atoms with Gasteiger partial charge in [0.2, 0.25) is 17.7 Å². The summed E-state index contributed by atoms with van der Waals surface area (Å²) in [4.78, 5) is 58.4. The van der Waals surface area contributed by atoms with E-state index in [0.717, 1.165) is 17.3 Å². The topological polar surface area (TPSA) is 242 Å². The second-order valence-electron chi connectivity index (χ2n) is 7.20. The maximum Gasteiger partial charge on any atom is 0.327 e. The minimum atomic E-state index is -1.26. The number of thioether (sulfide) groups is 1. The highest BCUT2D eigenvalue weighted by Crippen LogP contribution is 2.04. The number of carbonyl (C=O) groups is 5. The first kappa shape index (κ1) is 29.2. The fourth-order valence-corrected chi connectivity index (χ4v) is 3.30. The van der Waals surface area contributed by atoms with Crippen molar-refractivity contribution >= 4 is 47.3 Å². The predicted octanol–water partition coefficient (Wildman–Crippen LogP) is -2.76. The van der Waals surface area contributed by atoms with Gasteiger partial charge in [0.1, 0.15) is 12.1 Å². The number of rotatable bonds is 14. The molecule has 0 bridgehead atoms. The molecular weight excluding hydrogens is 480 g/mol. The van der Waals surface area contributed by atoms with E-state index < -0.39 is 42.3 Å². The molecule has 1 aromatic rings. The van der Waals surface area contributed by atoms with Gasteiger partial charge in [-0.05, 0) is 17.7 Å². The number of amides is 4. The zero-order chi connectivity index (χ0) is 26.4. The minimum absolute atomic E-state index is 0.00899. The molecule has 0 heterocycles. The lowest BCUT2D eigenvalue weighted by Gasteiger charge is -2.16. The molecule has 0 fully saturated rings. The molecule has 0 aliphatic rings. The van der Waals surface area contributed by atoms with Crippen LogP contribution in [0.15, 0.2) is 24.3 Å². The molecule has 0 spiro atoms. The molecule has 0 aliphatic carbocycles. The first-order chi connectivity index (χ1) is 16.5. The highest BCUT2D eigenvalue weighted by Gasteiger charge is 2.21. The van der Waals surface area contributed by atoms with Gasteiger partial charge >= 0.3 is 5.97 Å². The summed E-state index contributed by atoms with van der Waals surface area (Å²) in [6, 6.07) is 4.13. The molecule has 0 radical (unpaired) electrons.